The van der Waals surface area contributed by atoms with Crippen LogP contribution in [-0.4, -0.2) is 25.0 Å². The molecule has 116 valence electrons. The molecular weight excluding hydrogens is 246 g/mol. The highest BCUT2D eigenvalue weighted by molar-refractivity contribution is 5.52. The number of aliphatic imine (C=N–C) groups is 1. The molecule has 1 aliphatic heterocycles. The van der Waals surface area contributed by atoms with Crippen molar-refractivity contribution in [2.24, 2.45) is 16.6 Å². The first-order valence-corrected chi connectivity index (χ1v) is 8.83. The summed E-state index contributed by atoms with van der Waals surface area (Å²) in [6.07, 6.45) is 18.0. The van der Waals surface area contributed by atoms with Crippen molar-refractivity contribution in [3.8, 4) is 0 Å². The average molecular weight is 279 g/mol. The van der Waals surface area contributed by atoms with E-state index in [0.717, 1.165) is 5.92 Å². The molecule has 0 radical (unpaired) electrons. The lowest BCUT2D eigenvalue weighted by Crippen LogP contribution is -2.39. The SMILES string of the molecule is C1CCNC1.NC=NC1(C2CCCCC2)CCCCC1. The van der Waals surface area contributed by atoms with Crippen LogP contribution in [0.3, 0.4) is 0 Å². The summed E-state index contributed by atoms with van der Waals surface area (Å²) in [5.74, 6) is 0.825. The van der Waals surface area contributed by atoms with E-state index in [1.54, 1.807) is 6.34 Å². The highest BCUT2D eigenvalue weighted by Gasteiger charge is 2.39. The fourth-order valence-corrected chi connectivity index (χ4v) is 4.22. The van der Waals surface area contributed by atoms with Gasteiger partial charge in [-0.15, -0.1) is 0 Å². The minimum atomic E-state index is 0.243. The van der Waals surface area contributed by atoms with Crippen LogP contribution in [0.2, 0.25) is 0 Å². The van der Waals surface area contributed by atoms with E-state index >= 15 is 0 Å². The topological polar surface area (TPSA) is 50.4 Å². The van der Waals surface area contributed by atoms with Crippen LogP contribution in [0.15, 0.2) is 4.99 Å². The monoisotopic (exact) mass is 279 g/mol. The number of nitrogens with zero attached hydrogens (tertiary/aromatic N) is 1. The lowest BCUT2D eigenvalue weighted by Gasteiger charge is -2.42. The Hall–Kier alpha value is -0.570. The largest absolute Gasteiger partial charge is 0.390 e. The standard InChI is InChI=1S/C13H24N2.C4H9N/c14-11-15-13(9-5-2-6-10-13)12-7-3-1-4-8-12;1-2-4-5-3-1/h11-12H,1-10H2,(H2,14,15);5H,1-4H2. The number of nitrogens with two attached hydrogens (primary N) is 1. The van der Waals surface area contributed by atoms with E-state index < -0.39 is 0 Å². The van der Waals surface area contributed by atoms with Gasteiger partial charge >= 0.3 is 0 Å². The molecule has 2 aliphatic carbocycles. The van der Waals surface area contributed by atoms with Crippen LogP contribution in [0.5, 0.6) is 0 Å². The van der Waals surface area contributed by atoms with Crippen molar-refractivity contribution in [3.63, 3.8) is 0 Å². The zero-order chi connectivity index (χ0) is 14.1. The van der Waals surface area contributed by atoms with Gasteiger partial charge in [0.2, 0.25) is 0 Å². The van der Waals surface area contributed by atoms with Crippen molar-refractivity contribution in [1.82, 2.24) is 5.32 Å². The fraction of sp³-hybridized carbons (Fsp3) is 0.941. The third-order valence-electron chi connectivity index (χ3n) is 5.37. The molecule has 20 heavy (non-hydrogen) atoms. The number of hydrogen-bond acceptors (Lipinski definition) is 2. The highest BCUT2D eigenvalue weighted by atomic mass is 14.9. The van der Waals surface area contributed by atoms with Crippen LogP contribution in [-0.2, 0) is 0 Å². The van der Waals surface area contributed by atoms with E-state index in [1.165, 1.54) is 90.1 Å². The van der Waals surface area contributed by atoms with Gasteiger partial charge in [-0.25, -0.2) is 0 Å². The molecule has 0 aromatic heterocycles. The van der Waals surface area contributed by atoms with Crippen molar-refractivity contribution < 1.29 is 0 Å². The minimum absolute atomic E-state index is 0.243. The van der Waals surface area contributed by atoms with E-state index in [2.05, 4.69) is 5.32 Å². The maximum absolute atomic E-state index is 5.56. The Balaban J connectivity index is 0.000000247. The third kappa shape index (κ3) is 4.47. The molecule has 3 rings (SSSR count). The molecular formula is C17H33N3. The smallest absolute Gasteiger partial charge is 0.0804 e. The Labute approximate surface area is 124 Å². The summed E-state index contributed by atoms with van der Waals surface area (Å²) in [5.41, 5.74) is 5.80. The molecule has 1 heterocycles. The van der Waals surface area contributed by atoms with Gasteiger partial charge in [0.15, 0.2) is 0 Å². The van der Waals surface area contributed by atoms with Gasteiger partial charge in [0.05, 0.1) is 11.9 Å². The zero-order valence-corrected chi connectivity index (χ0v) is 13.1. The Morgan fingerprint density at radius 3 is 1.95 bits per heavy atom. The first-order valence-electron chi connectivity index (χ1n) is 8.83. The quantitative estimate of drug-likeness (QED) is 0.599. The van der Waals surface area contributed by atoms with Gasteiger partial charge in [-0.3, -0.25) is 4.99 Å². The van der Waals surface area contributed by atoms with Gasteiger partial charge in [-0.1, -0.05) is 38.5 Å². The maximum Gasteiger partial charge on any atom is 0.0804 e. The lowest BCUT2D eigenvalue weighted by atomic mass is 9.68. The highest BCUT2D eigenvalue weighted by Crippen LogP contribution is 2.44. The molecule has 3 aliphatic rings. The maximum atomic E-state index is 5.56. The summed E-state index contributed by atoms with van der Waals surface area (Å²) < 4.78 is 0. The van der Waals surface area contributed by atoms with E-state index in [-0.39, 0.29) is 5.54 Å². The van der Waals surface area contributed by atoms with Crippen LogP contribution in [0.1, 0.15) is 77.0 Å². The number of hydrogen-bond donors (Lipinski definition) is 2. The Kier molecular flexibility index (Phi) is 6.85. The van der Waals surface area contributed by atoms with Crippen LogP contribution < -0.4 is 11.1 Å². The predicted molar refractivity (Wildman–Crippen MR) is 87.2 cm³/mol. The lowest BCUT2D eigenvalue weighted by molar-refractivity contribution is 0.157. The molecule has 0 aromatic carbocycles. The fourth-order valence-electron chi connectivity index (χ4n) is 4.22. The second-order valence-electron chi connectivity index (χ2n) is 6.73. The Morgan fingerprint density at radius 2 is 1.45 bits per heavy atom. The van der Waals surface area contributed by atoms with Gasteiger partial charge in [0, 0.05) is 0 Å². The Morgan fingerprint density at radius 1 is 0.850 bits per heavy atom. The number of rotatable bonds is 2. The van der Waals surface area contributed by atoms with Crippen molar-refractivity contribution >= 4 is 6.34 Å². The summed E-state index contributed by atoms with van der Waals surface area (Å²) >= 11 is 0. The second kappa shape index (κ2) is 8.66. The first-order chi connectivity index (χ1) is 9.87. The third-order valence-corrected chi connectivity index (χ3v) is 5.37. The molecule has 3 heteroatoms. The summed E-state index contributed by atoms with van der Waals surface area (Å²) in [6.45, 7) is 2.50. The zero-order valence-electron chi connectivity index (χ0n) is 13.1. The van der Waals surface area contributed by atoms with Gasteiger partial charge < -0.3 is 11.1 Å². The van der Waals surface area contributed by atoms with Crippen LogP contribution >= 0.6 is 0 Å². The van der Waals surface area contributed by atoms with Gasteiger partial charge in [0.1, 0.15) is 0 Å². The Bertz CT molecular complexity index is 264. The van der Waals surface area contributed by atoms with Crippen molar-refractivity contribution in [1.29, 1.82) is 0 Å². The summed E-state index contributed by atoms with van der Waals surface area (Å²) in [7, 11) is 0. The summed E-state index contributed by atoms with van der Waals surface area (Å²) in [6, 6.07) is 0. The van der Waals surface area contributed by atoms with Gasteiger partial charge in [-0.2, -0.15) is 0 Å². The molecule has 2 saturated carbocycles. The van der Waals surface area contributed by atoms with Crippen LogP contribution in [0, 0.1) is 5.92 Å². The molecule has 3 N–H and O–H groups in total. The van der Waals surface area contributed by atoms with Crippen molar-refractivity contribution in [2.75, 3.05) is 13.1 Å². The van der Waals surface area contributed by atoms with E-state index in [0.29, 0.717) is 0 Å². The van der Waals surface area contributed by atoms with Crippen LogP contribution in [0.25, 0.3) is 0 Å². The molecule has 3 fully saturated rings. The first kappa shape index (κ1) is 15.8. The molecule has 0 unspecified atom stereocenters. The number of nitrogens with one attached hydrogen (secondary N) is 1. The normalized spacial score (nSPS) is 27.2. The molecule has 1 saturated heterocycles. The van der Waals surface area contributed by atoms with Crippen molar-refractivity contribution in [2.45, 2.75) is 82.6 Å². The molecule has 0 bridgehead atoms. The average Bonchev–Trinajstić information content (AvgIpc) is 3.09. The van der Waals surface area contributed by atoms with Gasteiger partial charge in [-0.05, 0) is 57.5 Å². The van der Waals surface area contributed by atoms with Crippen LogP contribution in [0.4, 0.5) is 0 Å². The molecule has 0 atom stereocenters. The van der Waals surface area contributed by atoms with Gasteiger partial charge in [0.25, 0.3) is 0 Å². The molecule has 0 spiro atoms. The molecule has 0 aromatic rings. The molecule has 0 amide bonds. The predicted octanol–water partition coefficient (Wildman–Crippen LogP) is 3.63. The van der Waals surface area contributed by atoms with Crippen molar-refractivity contribution in [3.05, 3.63) is 0 Å². The van der Waals surface area contributed by atoms with E-state index in [1.807, 2.05) is 0 Å². The minimum Gasteiger partial charge on any atom is -0.390 e. The molecule has 3 nitrogen and oxygen atoms in total. The summed E-state index contributed by atoms with van der Waals surface area (Å²) in [5, 5.41) is 3.22. The van der Waals surface area contributed by atoms with E-state index in [4.69, 9.17) is 10.7 Å². The second-order valence-corrected chi connectivity index (χ2v) is 6.73. The van der Waals surface area contributed by atoms with E-state index in [9.17, 15) is 0 Å². The summed E-state index contributed by atoms with van der Waals surface area (Å²) in [4.78, 5) is 4.69.